The van der Waals surface area contributed by atoms with E-state index in [2.05, 4.69) is 6.07 Å². The number of ether oxygens (including phenoxy) is 1. The summed E-state index contributed by atoms with van der Waals surface area (Å²) >= 11 is 0. The molecule has 0 spiro atoms. The molecule has 4 rings (SSSR count). The first-order chi connectivity index (χ1) is 17.2. The van der Waals surface area contributed by atoms with Crippen molar-refractivity contribution in [3.8, 4) is 0 Å². The number of amides is 4. The smallest absolute Gasteiger partial charge is 0.246 e. The number of anilines is 1. The first kappa shape index (κ1) is 25.6. The van der Waals surface area contributed by atoms with Crippen molar-refractivity contribution in [2.75, 3.05) is 44.8 Å². The summed E-state index contributed by atoms with van der Waals surface area (Å²) in [6, 6.07) is 13.4. The highest BCUT2D eigenvalue weighted by Gasteiger charge is 2.54. The summed E-state index contributed by atoms with van der Waals surface area (Å²) in [5.74, 6) is -1.17. The minimum absolute atomic E-state index is 0.0643. The normalized spacial score (nSPS) is 20.4. The van der Waals surface area contributed by atoms with Crippen LogP contribution in [0.4, 0.5) is 5.69 Å². The summed E-state index contributed by atoms with van der Waals surface area (Å²) < 4.78 is 5.08. The second-order valence-corrected chi connectivity index (χ2v) is 9.80. The Morgan fingerprint density at radius 2 is 1.67 bits per heavy atom. The average Bonchev–Trinajstić information content (AvgIpc) is 3.06. The molecule has 2 aliphatic heterocycles. The highest BCUT2D eigenvalue weighted by molar-refractivity contribution is 6.11. The fraction of sp³-hybridized carbons (Fsp3) is 0.429. The Hall–Kier alpha value is -3.52. The molecule has 1 unspecified atom stereocenters. The molecular formula is C28H33N3O5. The van der Waals surface area contributed by atoms with Gasteiger partial charge in [0, 0.05) is 38.7 Å². The highest BCUT2D eigenvalue weighted by atomic mass is 16.5. The van der Waals surface area contributed by atoms with Crippen molar-refractivity contribution in [2.24, 2.45) is 0 Å². The lowest BCUT2D eigenvalue weighted by Crippen LogP contribution is -2.54. The molecule has 4 amide bonds. The zero-order valence-corrected chi connectivity index (χ0v) is 21.4. The Bertz CT molecular complexity index is 1190. The lowest BCUT2D eigenvalue weighted by atomic mass is 9.74. The van der Waals surface area contributed by atoms with Crippen LogP contribution in [0.5, 0.6) is 0 Å². The Labute approximate surface area is 211 Å². The summed E-state index contributed by atoms with van der Waals surface area (Å²) in [4.78, 5) is 57.6. The fourth-order valence-corrected chi connectivity index (χ4v) is 5.40. The van der Waals surface area contributed by atoms with Crippen LogP contribution in [0.25, 0.3) is 0 Å². The Morgan fingerprint density at radius 3 is 2.31 bits per heavy atom. The second-order valence-electron chi connectivity index (χ2n) is 9.80. The molecule has 0 N–H and O–H groups in total. The van der Waals surface area contributed by atoms with E-state index >= 15 is 0 Å². The number of carbonyl (C=O) groups is 4. The largest absolute Gasteiger partial charge is 0.383 e. The Kier molecular flexibility index (Phi) is 7.26. The van der Waals surface area contributed by atoms with E-state index < -0.39 is 5.41 Å². The molecule has 0 aliphatic carbocycles. The number of piperazine rings is 1. The predicted molar refractivity (Wildman–Crippen MR) is 136 cm³/mol. The van der Waals surface area contributed by atoms with Gasteiger partial charge in [0.05, 0.1) is 18.6 Å². The van der Waals surface area contributed by atoms with Crippen LogP contribution in [0.3, 0.4) is 0 Å². The molecule has 2 heterocycles. The van der Waals surface area contributed by atoms with Crippen molar-refractivity contribution < 1.29 is 23.9 Å². The van der Waals surface area contributed by atoms with Gasteiger partial charge in [-0.15, -0.1) is 0 Å². The molecular weight excluding hydrogens is 458 g/mol. The van der Waals surface area contributed by atoms with E-state index in [4.69, 9.17) is 4.74 Å². The van der Waals surface area contributed by atoms with E-state index in [-0.39, 0.29) is 56.2 Å². The van der Waals surface area contributed by atoms with Gasteiger partial charge in [-0.05, 0) is 55.2 Å². The molecule has 0 saturated carbocycles. The van der Waals surface area contributed by atoms with Crippen molar-refractivity contribution in [1.82, 2.24) is 9.80 Å². The molecule has 8 heteroatoms. The van der Waals surface area contributed by atoms with Crippen molar-refractivity contribution in [3.05, 3.63) is 64.7 Å². The average molecular weight is 492 g/mol. The number of aryl methyl sites for hydroxylation is 3. The third-order valence-corrected chi connectivity index (χ3v) is 7.13. The van der Waals surface area contributed by atoms with Gasteiger partial charge in [0.25, 0.3) is 0 Å². The molecule has 1 atom stereocenters. The number of rotatable bonds is 7. The number of imide groups is 1. The first-order valence-corrected chi connectivity index (χ1v) is 12.2. The van der Waals surface area contributed by atoms with Crippen LogP contribution < -0.4 is 4.90 Å². The molecule has 2 saturated heterocycles. The summed E-state index contributed by atoms with van der Waals surface area (Å²) in [5.41, 5.74) is 3.19. The molecule has 8 nitrogen and oxygen atoms in total. The molecule has 0 radical (unpaired) electrons. The highest BCUT2D eigenvalue weighted by Crippen LogP contribution is 2.41. The van der Waals surface area contributed by atoms with Crippen LogP contribution in [0, 0.1) is 20.8 Å². The van der Waals surface area contributed by atoms with Gasteiger partial charge in [-0.3, -0.25) is 24.1 Å². The van der Waals surface area contributed by atoms with Crippen LogP contribution in [-0.4, -0.2) is 73.3 Å². The van der Waals surface area contributed by atoms with Crippen LogP contribution in [0.2, 0.25) is 0 Å². The third-order valence-electron chi connectivity index (χ3n) is 7.13. The number of methoxy groups -OCH3 is 1. The Balaban J connectivity index is 1.57. The SMILES string of the molecule is COCCN1C(=O)CC(CC(=O)N2CCN(c3cc(C)cc(C)c3)C(=O)C2)(c2ccccc2C)C1=O. The van der Waals surface area contributed by atoms with Gasteiger partial charge in [0.15, 0.2) is 0 Å². The van der Waals surface area contributed by atoms with Gasteiger partial charge >= 0.3 is 0 Å². The van der Waals surface area contributed by atoms with E-state index in [0.29, 0.717) is 18.7 Å². The van der Waals surface area contributed by atoms with E-state index in [0.717, 1.165) is 22.4 Å². The zero-order chi connectivity index (χ0) is 26.0. The number of nitrogens with zero attached hydrogens (tertiary/aromatic N) is 3. The molecule has 2 aromatic rings. The van der Waals surface area contributed by atoms with Gasteiger partial charge in [0.1, 0.15) is 6.54 Å². The number of hydrogen-bond acceptors (Lipinski definition) is 5. The van der Waals surface area contributed by atoms with Crippen molar-refractivity contribution >= 4 is 29.3 Å². The van der Waals surface area contributed by atoms with Crippen LogP contribution in [-0.2, 0) is 29.3 Å². The number of carbonyl (C=O) groups excluding carboxylic acids is 4. The molecule has 36 heavy (non-hydrogen) atoms. The van der Waals surface area contributed by atoms with Crippen LogP contribution in [0.15, 0.2) is 42.5 Å². The monoisotopic (exact) mass is 491 g/mol. The van der Waals surface area contributed by atoms with Crippen molar-refractivity contribution in [1.29, 1.82) is 0 Å². The first-order valence-electron chi connectivity index (χ1n) is 12.2. The lowest BCUT2D eigenvalue weighted by molar-refractivity contribution is -0.144. The molecule has 2 aromatic carbocycles. The summed E-state index contributed by atoms with van der Waals surface area (Å²) in [6.45, 7) is 6.89. The predicted octanol–water partition coefficient (Wildman–Crippen LogP) is 2.52. The van der Waals surface area contributed by atoms with Crippen LogP contribution >= 0.6 is 0 Å². The standard InChI is InChI=1S/C28H33N3O5/c1-19-13-20(2)15-22(14-19)30-10-9-29(18-26(30)34)24(32)16-28(23-8-6-5-7-21(23)3)17-25(33)31(27(28)35)11-12-36-4/h5-8,13-15H,9-12,16-18H2,1-4H3. The summed E-state index contributed by atoms with van der Waals surface area (Å²) in [5, 5.41) is 0. The zero-order valence-electron chi connectivity index (χ0n) is 21.4. The van der Waals surface area contributed by atoms with Gasteiger partial charge in [-0.1, -0.05) is 30.3 Å². The Morgan fingerprint density at radius 1 is 0.972 bits per heavy atom. The topological polar surface area (TPSA) is 87.2 Å². The van der Waals surface area contributed by atoms with Gasteiger partial charge < -0.3 is 14.5 Å². The van der Waals surface area contributed by atoms with Crippen LogP contribution in [0.1, 0.15) is 35.1 Å². The molecule has 190 valence electrons. The minimum atomic E-state index is -1.29. The summed E-state index contributed by atoms with van der Waals surface area (Å²) in [7, 11) is 1.51. The maximum atomic E-state index is 13.7. The van der Waals surface area contributed by atoms with Gasteiger partial charge in [0.2, 0.25) is 23.6 Å². The third kappa shape index (κ3) is 4.78. The lowest BCUT2D eigenvalue weighted by Gasteiger charge is -2.36. The van der Waals surface area contributed by atoms with E-state index in [1.807, 2.05) is 57.2 Å². The second kappa shape index (κ2) is 10.2. The minimum Gasteiger partial charge on any atom is -0.383 e. The van der Waals surface area contributed by atoms with Gasteiger partial charge in [-0.2, -0.15) is 0 Å². The molecule has 2 aliphatic rings. The fourth-order valence-electron chi connectivity index (χ4n) is 5.40. The quantitative estimate of drug-likeness (QED) is 0.556. The molecule has 0 aromatic heterocycles. The van der Waals surface area contributed by atoms with E-state index in [1.54, 1.807) is 4.90 Å². The van der Waals surface area contributed by atoms with Gasteiger partial charge in [-0.25, -0.2) is 0 Å². The number of hydrogen-bond donors (Lipinski definition) is 0. The molecule has 2 fully saturated rings. The number of benzene rings is 2. The maximum absolute atomic E-state index is 13.7. The number of likely N-dealkylation sites (tertiary alicyclic amines) is 1. The summed E-state index contributed by atoms with van der Waals surface area (Å²) in [6.07, 6.45) is -0.245. The van der Waals surface area contributed by atoms with E-state index in [1.165, 1.54) is 16.9 Å². The van der Waals surface area contributed by atoms with E-state index in [9.17, 15) is 19.2 Å². The van der Waals surface area contributed by atoms with Crippen molar-refractivity contribution in [2.45, 2.75) is 39.0 Å². The maximum Gasteiger partial charge on any atom is 0.246 e. The van der Waals surface area contributed by atoms with Crippen molar-refractivity contribution in [3.63, 3.8) is 0 Å². The molecule has 0 bridgehead atoms.